The summed E-state index contributed by atoms with van der Waals surface area (Å²) < 4.78 is 5.30. The summed E-state index contributed by atoms with van der Waals surface area (Å²) >= 11 is 0. The highest BCUT2D eigenvalue weighted by atomic mass is 16.5. The molecule has 0 unspecified atom stereocenters. The summed E-state index contributed by atoms with van der Waals surface area (Å²) in [7, 11) is 1.95. The van der Waals surface area contributed by atoms with Gasteiger partial charge in [0, 0.05) is 19.0 Å². The van der Waals surface area contributed by atoms with Crippen LogP contribution >= 0.6 is 0 Å². The van der Waals surface area contributed by atoms with Crippen LogP contribution in [-0.2, 0) is 14.3 Å². The number of esters is 1. The quantitative estimate of drug-likeness (QED) is 0.559. The van der Waals surface area contributed by atoms with Gasteiger partial charge in [0.15, 0.2) is 0 Å². The fraction of sp³-hybridized carbons (Fsp3) is 0.833. The van der Waals surface area contributed by atoms with E-state index in [0.717, 1.165) is 25.7 Å². The first kappa shape index (κ1) is 14.9. The van der Waals surface area contributed by atoms with Gasteiger partial charge in [0.2, 0.25) is 5.91 Å². The molecule has 1 rings (SSSR count). The van der Waals surface area contributed by atoms with Crippen molar-refractivity contribution in [3.05, 3.63) is 0 Å². The van der Waals surface area contributed by atoms with Gasteiger partial charge < -0.3 is 21.1 Å². The molecule has 104 valence electrons. The number of hydrogen-bond donors (Lipinski definition) is 3. The molecule has 0 saturated heterocycles. The van der Waals surface area contributed by atoms with Gasteiger partial charge in [-0.15, -0.1) is 0 Å². The van der Waals surface area contributed by atoms with Crippen LogP contribution in [0.25, 0.3) is 0 Å². The molecule has 0 atom stereocenters. The van der Waals surface area contributed by atoms with E-state index in [0.29, 0.717) is 6.04 Å². The number of hydrogen-bond acceptors (Lipinski definition) is 5. The van der Waals surface area contributed by atoms with Crippen LogP contribution in [0.4, 0.5) is 0 Å². The summed E-state index contributed by atoms with van der Waals surface area (Å²) in [6, 6.07) is 0.532. The van der Waals surface area contributed by atoms with Gasteiger partial charge in [0.1, 0.15) is 12.6 Å². The zero-order chi connectivity index (χ0) is 13.4. The van der Waals surface area contributed by atoms with Crippen LogP contribution in [0.1, 0.15) is 32.1 Å². The van der Waals surface area contributed by atoms with Gasteiger partial charge >= 0.3 is 5.97 Å². The number of carbonyl (C=O) groups is 2. The third kappa shape index (κ3) is 5.46. The highest BCUT2D eigenvalue weighted by molar-refractivity contribution is 5.81. The van der Waals surface area contributed by atoms with E-state index in [1.807, 2.05) is 7.05 Å². The van der Waals surface area contributed by atoms with Crippen molar-refractivity contribution in [1.82, 2.24) is 10.6 Å². The summed E-state index contributed by atoms with van der Waals surface area (Å²) in [4.78, 5) is 22.6. The largest absolute Gasteiger partial charge is 0.461 e. The Hall–Kier alpha value is -1.14. The maximum Gasteiger partial charge on any atom is 0.325 e. The number of rotatable bonds is 6. The lowest BCUT2D eigenvalue weighted by atomic mass is 9.93. The number of ether oxygens (including phenoxy) is 1. The van der Waals surface area contributed by atoms with E-state index in [4.69, 9.17) is 10.5 Å². The first-order valence-electron chi connectivity index (χ1n) is 6.49. The molecule has 0 aliphatic heterocycles. The van der Waals surface area contributed by atoms with Gasteiger partial charge in [-0.05, 0) is 32.7 Å². The van der Waals surface area contributed by atoms with E-state index < -0.39 is 0 Å². The third-order valence-corrected chi connectivity index (χ3v) is 3.18. The van der Waals surface area contributed by atoms with Gasteiger partial charge in [0.05, 0.1) is 0 Å². The standard InChI is InChI=1S/C12H23N3O3/c1-14-9-2-4-10(5-3-9)18-12(17)8-15-11(16)6-7-13/h9-10,14H,2-8,13H2,1H3,(H,15,16). The fourth-order valence-corrected chi connectivity index (χ4v) is 2.09. The molecule has 1 fully saturated rings. The van der Waals surface area contributed by atoms with E-state index in [2.05, 4.69) is 10.6 Å². The zero-order valence-electron chi connectivity index (χ0n) is 10.9. The molecule has 1 aliphatic carbocycles. The third-order valence-electron chi connectivity index (χ3n) is 3.18. The molecule has 1 amide bonds. The van der Waals surface area contributed by atoms with Gasteiger partial charge in [-0.25, -0.2) is 0 Å². The minimum absolute atomic E-state index is 0.00601. The maximum atomic E-state index is 11.5. The molecule has 0 heterocycles. The predicted octanol–water partition coefficient (Wildman–Crippen LogP) is -0.475. The highest BCUT2D eigenvalue weighted by Crippen LogP contribution is 2.20. The van der Waals surface area contributed by atoms with Crippen molar-refractivity contribution in [2.75, 3.05) is 20.1 Å². The summed E-state index contributed by atoms with van der Waals surface area (Å²) in [5.41, 5.74) is 5.23. The Morgan fingerprint density at radius 2 is 1.94 bits per heavy atom. The van der Waals surface area contributed by atoms with E-state index in [1.165, 1.54) is 0 Å². The Morgan fingerprint density at radius 1 is 1.28 bits per heavy atom. The Balaban J connectivity index is 2.15. The molecule has 0 spiro atoms. The molecule has 1 aliphatic rings. The van der Waals surface area contributed by atoms with E-state index >= 15 is 0 Å². The monoisotopic (exact) mass is 257 g/mol. The molecule has 6 heteroatoms. The second-order valence-corrected chi connectivity index (χ2v) is 4.57. The van der Waals surface area contributed by atoms with Gasteiger partial charge in [-0.1, -0.05) is 0 Å². The van der Waals surface area contributed by atoms with Crippen molar-refractivity contribution in [2.24, 2.45) is 5.73 Å². The van der Waals surface area contributed by atoms with Gasteiger partial charge in [0.25, 0.3) is 0 Å². The van der Waals surface area contributed by atoms with Crippen LogP contribution < -0.4 is 16.4 Å². The topological polar surface area (TPSA) is 93.5 Å². The second-order valence-electron chi connectivity index (χ2n) is 4.57. The van der Waals surface area contributed by atoms with Crippen molar-refractivity contribution in [3.8, 4) is 0 Å². The molecule has 0 aromatic carbocycles. The van der Waals surface area contributed by atoms with Crippen molar-refractivity contribution in [1.29, 1.82) is 0 Å². The number of amides is 1. The lowest BCUT2D eigenvalue weighted by molar-refractivity contribution is -0.150. The highest BCUT2D eigenvalue weighted by Gasteiger charge is 2.22. The first-order chi connectivity index (χ1) is 8.65. The summed E-state index contributed by atoms with van der Waals surface area (Å²) in [6.07, 6.45) is 4.04. The van der Waals surface area contributed by atoms with Crippen molar-refractivity contribution >= 4 is 11.9 Å². The Morgan fingerprint density at radius 3 is 2.50 bits per heavy atom. The molecule has 0 aromatic rings. The SMILES string of the molecule is CNC1CCC(OC(=O)CNC(=O)CCN)CC1. The van der Waals surface area contributed by atoms with E-state index in [9.17, 15) is 9.59 Å². The zero-order valence-corrected chi connectivity index (χ0v) is 10.9. The van der Waals surface area contributed by atoms with Crippen molar-refractivity contribution in [2.45, 2.75) is 44.2 Å². The molecule has 0 radical (unpaired) electrons. The molecule has 0 bridgehead atoms. The second kappa shape index (κ2) is 8.05. The van der Waals surface area contributed by atoms with Crippen LogP contribution in [-0.4, -0.2) is 44.2 Å². The Bertz CT molecular complexity index is 276. The van der Waals surface area contributed by atoms with Crippen molar-refractivity contribution in [3.63, 3.8) is 0 Å². The Labute approximate surface area is 108 Å². The number of nitrogens with two attached hydrogens (primary N) is 1. The van der Waals surface area contributed by atoms with Crippen LogP contribution in [0.3, 0.4) is 0 Å². The van der Waals surface area contributed by atoms with Crippen LogP contribution in [0, 0.1) is 0 Å². The first-order valence-corrected chi connectivity index (χ1v) is 6.49. The molecule has 6 nitrogen and oxygen atoms in total. The molecular formula is C12H23N3O3. The van der Waals surface area contributed by atoms with Crippen LogP contribution in [0.2, 0.25) is 0 Å². The van der Waals surface area contributed by atoms with Crippen LogP contribution in [0.15, 0.2) is 0 Å². The minimum Gasteiger partial charge on any atom is -0.461 e. The van der Waals surface area contributed by atoms with Gasteiger partial charge in [-0.3, -0.25) is 9.59 Å². The summed E-state index contributed by atoms with van der Waals surface area (Å²) in [5.74, 6) is -0.582. The normalized spacial score (nSPS) is 23.4. The smallest absolute Gasteiger partial charge is 0.325 e. The number of nitrogens with one attached hydrogen (secondary N) is 2. The van der Waals surface area contributed by atoms with E-state index in [-0.39, 0.29) is 37.5 Å². The molecule has 18 heavy (non-hydrogen) atoms. The minimum atomic E-state index is -0.367. The molecular weight excluding hydrogens is 234 g/mol. The number of carbonyl (C=O) groups excluding carboxylic acids is 2. The van der Waals surface area contributed by atoms with Crippen LogP contribution in [0.5, 0.6) is 0 Å². The fourth-order valence-electron chi connectivity index (χ4n) is 2.09. The maximum absolute atomic E-state index is 11.5. The summed E-state index contributed by atoms with van der Waals surface area (Å²) in [5, 5.41) is 5.71. The molecule has 4 N–H and O–H groups in total. The Kier molecular flexibility index (Phi) is 6.67. The average molecular weight is 257 g/mol. The average Bonchev–Trinajstić information content (AvgIpc) is 2.38. The molecule has 0 aromatic heterocycles. The lowest BCUT2D eigenvalue weighted by Gasteiger charge is -2.27. The lowest BCUT2D eigenvalue weighted by Crippen LogP contribution is -2.37. The summed E-state index contributed by atoms with van der Waals surface area (Å²) in [6.45, 7) is 0.222. The predicted molar refractivity (Wildman–Crippen MR) is 67.9 cm³/mol. The van der Waals surface area contributed by atoms with E-state index in [1.54, 1.807) is 0 Å². The van der Waals surface area contributed by atoms with Gasteiger partial charge in [-0.2, -0.15) is 0 Å². The molecule has 1 saturated carbocycles. The van der Waals surface area contributed by atoms with Crippen molar-refractivity contribution < 1.29 is 14.3 Å².